The van der Waals surface area contributed by atoms with Crippen LogP contribution in [0.4, 0.5) is 0 Å². The lowest BCUT2D eigenvalue weighted by Gasteiger charge is -2.07. The molecule has 21 heavy (non-hydrogen) atoms. The molecule has 0 saturated carbocycles. The Hall–Kier alpha value is -2.00. The van der Waals surface area contributed by atoms with Crippen molar-refractivity contribution in [2.24, 2.45) is 0 Å². The molecule has 0 bridgehead atoms. The van der Waals surface area contributed by atoms with Gasteiger partial charge in [-0.3, -0.25) is 24.5 Å². The average Bonchev–Trinajstić information content (AvgIpc) is 2.38. The summed E-state index contributed by atoms with van der Waals surface area (Å²) in [6, 6.07) is 0. The van der Waals surface area contributed by atoms with E-state index in [0.717, 1.165) is 0 Å². The SMILES string of the molecule is O=C(O)CCCC(=O)O.O=C1CCCC(=O)N1.OCCO. The fraction of sp³-hybridized carbons (Fsp3) is 0.667. The van der Waals surface area contributed by atoms with Crippen LogP contribution >= 0.6 is 0 Å². The number of hydrogen-bond donors (Lipinski definition) is 5. The Labute approximate surface area is 121 Å². The molecule has 0 aliphatic carbocycles. The minimum Gasteiger partial charge on any atom is -0.481 e. The summed E-state index contributed by atoms with van der Waals surface area (Å²) in [5.74, 6) is -2.17. The number of hydrogen-bond acceptors (Lipinski definition) is 6. The van der Waals surface area contributed by atoms with Crippen molar-refractivity contribution in [3.8, 4) is 0 Å². The summed E-state index contributed by atoms with van der Waals surface area (Å²) in [5.41, 5.74) is 0. The first-order valence-electron chi connectivity index (χ1n) is 6.31. The first kappa shape index (κ1) is 21.3. The molecule has 0 aromatic rings. The van der Waals surface area contributed by atoms with Crippen molar-refractivity contribution < 1.29 is 39.6 Å². The predicted molar refractivity (Wildman–Crippen MR) is 70.3 cm³/mol. The molecule has 1 rings (SSSR count). The van der Waals surface area contributed by atoms with Crippen molar-refractivity contribution in [3.63, 3.8) is 0 Å². The molecule has 9 nitrogen and oxygen atoms in total. The van der Waals surface area contributed by atoms with Gasteiger partial charge in [0.1, 0.15) is 0 Å². The Morgan fingerprint density at radius 2 is 1.29 bits per heavy atom. The van der Waals surface area contributed by atoms with Crippen LogP contribution < -0.4 is 5.32 Å². The molecule has 1 fully saturated rings. The molecule has 0 spiro atoms. The van der Waals surface area contributed by atoms with E-state index < -0.39 is 11.9 Å². The molecule has 5 N–H and O–H groups in total. The molecular weight excluding hydrogens is 286 g/mol. The van der Waals surface area contributed by atoms with Gasteiger partial charge in [0.15, 0.2) is 0 Å². The first-order valence-corrected chi connectivity index (χ1v) is 6.31. The average molecular weight is 307 g/mol. The molecule has 9 heteroatoms. The summed E-state index contributed by atoms with van der Waals surface area (Å²) in [5, 5.41) is 33.5. The summed E-state index contributed by atoms with van der Waals surface area (Å²) in [6.45, 7) is -0.250. The minimum absolute atomic E-state index is 0.0632. The summed E-state index contributed by atoms with van der Waals surface area (Å²) in [4.78, 5) is 40.3. The number of nitrogens with one attached hydrogen (secondary N) is 1. The molecule has 0 aromatic heterocycles. The molecular formula is C12H21NO8. The standard InChI is InChI=1S/C5H7NO2.C5H8O4.C2H6O2/c7-4-2-1-3-5(8)6-4;6-4(7)2-1-3-5(8)9;3-1-2-4/h1-3H2,(H,6,7,8);1-3H2,(H,6,7)(H,8,9);3-4H,1-2H2. The molecule has 1 heterocycles. The molecule has 0 aromatic carbocycles. The second-order valence-electron chi connectivity index (χ2n) is 3.91. The molecule has 1 aliphatic rings. The van der Waals surface area contributed by atoms with Crippen molar-refractivity contribution in [1.82, 2.24) is 5.32 Å². The van der Waals surface area contributed by atoms with E-state index >= 15 is 0 Å². The van der Waals surface area contributed by atoms with Gasteiger partial charge in [0.05, 0.1) is 13.2 Å². The summed E-state index contributed by atoms with van der Waals surface area (Å²) < 4.78 is 0. The zero-order valence-corrected chi connectivity index (χ0v) is 11.6. The van der Waals surface area contributed by atoms with Gasteiger partial charge >= 0.3 is 11.9 Å². The van der Waals surface area contributed by atoms with E-state index in [2.05, 4.69) is 5.32 Å². The Bertz CT molecular complexity index is 312. The molecule has 0 radical (unpaired) electrons. The smallest absolute Gasteiger partial charge is 0.303 e. The third kappa shape index (κ3) is 20.5. The lowest BCUT2D eigenvalue weighted by molar-refractivity contribution is -0.139. The van der Waals surface area contributed by atoms with Crippen LogP contribution in [0, 0.1) is 0 Å². The minimum atomic E-state index is -0.948. The maximum absolute atomic E-state index is 10.3. The lowest BCUT2D eigenvalue weighted by Crippen LogP contribution is -2.33. The highest BCUT2D eigenvalue weighted by atomic mass is 16.4. The number of aliphatic hydroxyl groups is 2. The number of imide groups is 1. The van der Waals surface area contributed by atoms with Gasteiger partial charge in [-0.1, -0.05) is 0 Å². The van der Waals surface area contributed by atoms with Crippen LogP contribution in [-0.2, 0) is 19.2 Å². The molecule has 122 valence electrons. The Balaban J connectivity index is 0. The number of piperidine rings is 1. The van der Waals surface area contributed by atoms with Crippen LogP contribution in [0.2, 0.25) is 0 Å². The Kier molecular flexibility index (Phi) is 14.6. The molecule has 1 aliphatic heterocycles. The van der Waals surface area contributed by atoms with E-state index in [1.165, 1.54) is 0 Å². The number of rotatable bonds is 5. The van der Waals surface area contributed by atoms with Crippen LogP contribution in [-0.4, -0.2) is 57.4 Å². The summed E-state index contributed by atoms with van der Waals surface area (Å²) in [6.07, 6.45) is 1.81. The van der Waals surface area contributed by atoms with Crippen LogP contribution in [0.25, 0.3) is 0 Å². The van der Waals surface area contributed by atoms with Crippen LogP contribution in [0.15, 0.2) is 0 Å². The van der Waals surface area contributed by atoms with Gasteiger partial charge < -0.3 is 20.4 Å². The monoisotopic (exact) mass is 307 g/mol. The lowest BCUT2D eigenvalue weighted by atomic mass is 10.1. The first-order chi connectivity index (χ1) is 9.83. The van der Waals surface area contributed by atoms with E-state index in [0.29, 0.717) is 19.3 Å². The van der Waals surface area contributed by atoms with Gasteiger partial charge in [-0.25, -0.2) is 0 Å². The van der Waals surface area contributed by atoms with E-state index in [-0.39, 0.29) is 44.3 Å². The highest BCUT2D eigenvalue weighted by molar-refractivity contribution is 5.97. The molecule has 1 saturated heterocycles. The fourth-order valence-corrected chi connectivity index (χ4v) is 1.08. The Morgan fingerprint density at radius 3 is 1.48 bits per heavy atom. The van der Waals surface area contributed by atoms with Gasteiger partial charge in [0.25, 0.3) is 0 Å². The normalized spacial score (nSPS) is 13.0. The van der Waals surface area contributed by atoms with Gasteiger partial charge in [0.2, 0.25) is 11.8 Å². The number of amides is 2. The number of carboxylic acid groups (broad SMARTS) is 2. The number of carbonyl (C=O) groups is 4. The van der Waals surface area contributed by atoms with E-state index in [9.17, 15) is 19.2 Å². The predicted octanol–water partition coefficient (Wildman–Crippen LogP) is -0.890. The van der Waals surface area contributed by atoms with E-state index in [4.69, 9.17) is 20.4 Å². The zero-order chi connectivity index (χ0) is 16.7. The summed E-state index contributed by atoms with van der Waals surface area (Å²) in [7, 11) is 0. The quantitative estimate of drug-likeness (QED) is 0.409. The second kappa shape index (κ2) is 14.4. The van der Waals surface area contributed by atoms with Gasteiger partial charge in [0, 0.05) is 25.7 Å². The number of carbonyl (C=O) groups excluding carboxylic acids is 2. The largest absolute Gasteiger partial charge is 0.481 e. The van der Waals surface area contributed by atoms with Crippen molar-refractivity contribution in [2.75, 3.05) is 13.2 Å². The maximum atomic E-state index is 10.3. The van der Waals surface area contributed by atoms with Gasteiger partial charge in [-0.2, -0.15) is 0 Å². The third-order valence-corrected chi connectivity index (χ3v) is 1.97. The Morgan fingerprint density at radius 1 is 0.905 bits per heavy atom. The van der Waals surface area contributed by atoms with Crippen molar-refractivity contribution >= 4 is 23.8 Å². The molecule has 0 unspecified atom stereocenters. The van der Waals surface area contributed by atoms with Crippen molar-refractivity contribution in [2.45, 2.75) is 38.5 Å². The van der Waals surface area contributed by atoms with Crippen molar-refractivity contribution in [3.05, 3.63) is 0 Å². The summed E-state index contributed by atoms with van der Waals surface area (Å²) >= 11 is 0. The topological polar surface area (TPSA) is 161 Å². The van der Waals surface area contributed by atoms with Crippen LogP contribution in [0.5, 0.6) is 0 Å². The van der Waals surface area contributed by atoms with Gasteiger partial charge in [-0.15, -0.1) is 0 Å². The number of carboxylic acids is 2. The highest BCUT2D eigenvalue weighted by Gasteiger charge is 2.12. The number of aliphatic carboxylic acids is 2. The van der Waals surface area contributed by atoms with E-state index in [1.54, 1.807) is 0 Å². The maximum Gasteiger partial charge on any atom is 0.303 e. The zero-order valence-electron chi connectivity index (χ0n) is 11.6. The van der Waals surface area contributed by atoms with Gasteiger partial charge in [-0.05, 0) is 12.8 Å². The third-order valence-electron chi connectivity index (χ3n) is 1.97. The van der Waals surface area contributed by atoms with Crippen LogP contribution in [0.1, 0.15) is 38.5 Å². The van der Waals surface area contributed by atoms with Crippen molar-refractivity contribution in [1.29, 1.82) is 0 Å². The molecule has 2 amide bonds. The molecule has 0 atom stereocenters. The fourth-order valence-electron chi connectivity index (χ4n) is 1.08. The van der Waals surface area contributed by atoms with E-state index in [1.807, 2.05) is 0 Å². The number of aliphatic hydroxyl groups excluding tert-OH is 2. The second-order valence-corrected chi connectivity index (χ2v) is 3.91. The van der Waals surface area contributed by atoms with Crippen LogP contribution in [0.3, 0.4) is 0 Å². The highest BCUT2D eigenvalue weighted by Crippen LogP contribution is 2.00.